The maximum absolute atomic E-state index is 12.6. The molecule has 1 atom stereocenters. The average molecular weight is 389 g/mol. The molecule has 0 saturated carbocycles. The molecule has 28 heavy (non-hydrogen) atoms. The summed E-state index contributed by atoms with van der Waals surface area (Å²) in [6.45, 7) is 0.473. The van der Waals surface area contributed by atoms with E-state index in [0.717, 1.165) is 12.1 Å². The monoisotopic (exact) mass is 389 g/mol. The first-order valence-corrected chi connectivity index (χ1v) is 8.44. The van der Waals surface area contributed by atoms with Crippen LogP contribution in [0.15, 0.2) is 53.1 Å². The standard InChI is InChI=1S/C19H14F3N3O3/c20-19(21,22)13-3-7-15(8-4-13)27-14-5-1-11(2-6-14)17-24-18(28-25-17)12-9-16(26)23-10-12/h1-8,12H,9-10H2,(H,23,26)/t12-/m1/s1. The summed E-state index contributed by atoms with van der Waals surface area (Å²) in [5.41, 5.74) is -0.0469. The Bertz CT molecular complexity index is 982. The third-order valence-corrected chi connectivity index (χ3v) is 4.30. The zero-order valence-electron chi connectivity index (χ0n) is 14.4. The lowest BCUT2D eigenvalue weighted by molar-refractivity contribution is -0.137. The summed E-state index contributed by atoms with van der Waals surface area (Å²) in [6, 6.07) is 11.2. The minimum Gasteiger partial charge on any atom is -0.457 e. The topological polar surface area (TPSA) is 77.2 Å². The predicted molar refractivity (Wildman–Crippen MR) is 91.6 cm³/mol. The first-order chi connectivity index (χ1) is 13.4. The van der Waals surface area contributed by atoms with Gasteiger partial charge in [-0.3, -0.25) is 4.79 Å². The Balaban J connectivity index is 1.44. The minimum atomic E-state index is -4.38. The zero-order valence-corrected chi connectivity index (χ0v) is 14.4. The largest absolute Gasteiger partial charge is 0.457 e. The fourth-order valence-corrected chi connectivity index (χ4v) is 2.82. The van der Waals surface area contributed by atoms with E-state index in [4.69, 9.17) is 9.26 Å². The minimum absolute atomic E-state index is 0.0467. The van der Waals surface area contributed by atoms with E-state index in [-0.39, 0.29) is 11.8 Å². The third kappa shape index (κ3) is 3.83. The summed E-state index contributed by atoms with van der Waals surface area (Å²) >= 11 is 0. The van der Waals surface area contributed by atoms with Crippen molar-refractivity contribution in [2.45, 2.75) is 18.5 Å². The van der Waals surface area contributed by atoms with Crippen LogP contribution in [0.5, 0.6) is 11.5 Å². The number of carbonyl (C=O) groups is 1. The molecule has 3 aromatic rings. The van der Waals surface area contributed by atoms with Gasteiger partial charge in [-0.25, -0.2) is 0 Å². The molecule has 4 rings (SSSR count). The molecule has 2 heterocycles. The summed E-state index contributed by atoms with van der Waals surface area (Å²) in [4.78, 5) is 15.6. The second kappa shape index (κ2) is 6.99. The van der Waals surface area contributed by atoms with Gasteiger partial charge < -0.3 is 14.6 Å². The summed E-state index contributed by atoms with van der Waals surface area (Å²) in [6.07, 6.45) is -4.06. The zero-order chi connectivity index (χ0) is 19.7. The number of amides is 1. The van der Waals surface area contributed by atoms with Crippen LogP contribution in [0.25, 0.3) is 11.4 Å². The molecule has 0 aliphatic carbocycles. The quantitative estimate of drug-likeness (QED) is 0.725. The van der Waals surface area contributed by atoms with Crippen LogP contribution in [0.3, 0.4) is 0 Å². The number of alkyl halides is 3. The summed E-state index contributed by atoms with van der Waals surface area (Å²) in [5, 5.41) is 6.64. The van der Waals surface area contributed by atoms with E-state index >= 15 is 0 Å². The van der Waals surface area contributed by atoms with E-state index in [1.807, 2.05) is 0 Å². The summed E-state index contributed by atoms with van der Waals surface area (Å²) in [7, 11) is 0. The number of carbonyl (C=O) groups excluding carboxylic acids is 1. The normalized spacial score (nSPS) is 16.8. The van der Waals surface area contributed by atoms with Crippen molar-refractivity contribution in [1.82, 2.24) is 15.5 Å². The van der Waals surface area contributed by atoms with Gasteiger partial charge in [-0.1, -0.05) is 5.16 Å². The van der Waals surface area contributed by atoms with Gasteiger partial charge in [0.1, 0.15) is 11.5 Å². The highest BCUT2D eigenvalue weighted by atomic mass is 19.4. The first kappa shape index (κ1) is 18.0. The first-order valence-electron chi connectivity index (χ1n) is 8.44. The maximum Gasteiger partial charge on any atom is 0.416 e. The number of benzene rings is 2. The van der Waals surface area contributed by atoms with E-state index in [9.17, 15) is 18.0 Å². The molecular weight excluding hydrogens is 375 g/mol. The van der Waals surface area contributed by atoms with Gasteiger partial charge in [-0.15, -0.1) is 0 Å². The van der Waals surface area contributed by atoms with Gasteiger partial charge in [0.15, 0.2) is 0 Å². The van der Waals surface area contributed by atoms with Crippen LogP contribution < -0.4 is 10.1 Å². The SMILES string of the molecule is O=C1C[C@@H](c2nc(-c3ccc(Oc4ccc(C(F)(F)F)cc4)cc3)no2)CN1. The van der Waals surface area contributed by atoms with Crippen molar-refractivity contribution in [3.63, 3.8) is 0 Å². The molecule has 1 aromatic heterocycles. The average Bonchev–Trinajstić information content (AvgIpc) is 3.31. The second-order valence-electron chi connectivity index (χ2n) is 6.31. The molecule has 0 bridgehead atoms. The molecule has 1 fully saturated rings. The van der Waals surface area contributed by atoms with Crippen molar-refractivity contribution in [2.24, 2.45) is 0 Å². The molecule has 0 spiro atoms. The fourth-order valence-electron chi connectivity index (χ4n) is 2.82. The van der Waals surface area contributed by atoms with Gasteiger partial charge in [0, 0.05) is 18.5 Å². The van der Waals surface area contributed by atoms with E-state index < -0.39 is 11.7 Å². The Hall–Kier alpha value is -3.36. The molecule has 144 valence electrons. The Morgan fingerprint density at radius 1 is 1.04 bits per heavy atom. The number of nitrogens with one attached hydrogen (secondary N) is 1. The van der Waals surface area contributed by atoms with E-state index in [1.165, 1.54) is 12.1 Å². The van der Waals surface area contributed by atoms with E-state index in [1.54, 1.807) is 24.3 Å². The van der Waals surface area contributed by atoms with Crippen LogP contribution >= 0.6 is 0 Å². The molecule has 1 aliphatic rings. The maximum atomic E-state index is 12.6. The lowest BCUT2D eigenvalue weighted by atomic mass is 10.1. The molecule has 1 aliphatic heterocycles. The van der Waals surface area contributed by atoms with Crippen LogP contribution in [0.1, 0.15) is 23.8 Å². The van der Waals surface area contributed by atoms with E-state index in [0.29, 0.717) is 41.7 Å². The van der Waals surface area contributed by atoms with Gasteiger partial charge >= 0.3 is 6.18 Å². The predicted octanol–water partition coefficient (Wildman–Crippen LogP) is 4.15. The molecule has 2 aromatic carbocycles. The lowest BCUT2D eigenvalue weighted by Crippen LogP contribution is -2.13. The molecule has 0 radical (unpaired) electrons. The smallest absolute Gasteiger partial charge is 0.416 e. The molecular formula is C19H14F3N3O3. The summed E-state index contributed by atoms with van der Waals surface area (Å²) in [5.74, 6) is 1.36. The van der Waals surface area contributed by atoms with Gasteiger partial charge in [0.05, 0.1) is 11.5 Å². The van der Waals surface area contributed by atoms with Crippen molar-refractivity contribution in [2.75, 3.05) is 6.54 Å². The van der Waals surface area contributed by atoms with Crippen LogP contribution in [-0.4, -0.2) is 22.6 Å². The number of ether oxygens (including phenoxy) is 1. The van der Waals surface area contributed by atoms with E-state index in [2.05, 4.69) is 15.5 Å². The van der Waals surface area contributed by atoms with Crippen LogP contribution in [0.4, 0.5) is 13.2 Å². The number of rotatable bonds is 4. The van der Waals surface area contributed by atoms with Crippen molar-refractivity contribution >= 4 is 5.91 Å². The molecule has 9 heteroatoms. The van der Waals surface area contributed by atoms with Crippen molar-refractivity contribution in [1.29, 1.82) is 0 Å². The Kier molecular flexibility index (Phi) is 4.50. The molecule has 6 nitrogen and oxygen atoms in total. The van der Waals surface area contributed by atoms with Crippen molar-refractivity contribution in [3.8, 4) is 22.9 Å². The lowest BCUT2D eigenvalue weighted by Gasteiger charge is -2.09. The molecule has 1 amide bonds. The van der Waals surface area contributed by atoms with Crippen LogP contribution in [0, 0.1) is 0 Å². The number of aromatic nitrogens is 2. The Morgan fingerprint density at radius 2 is 1.68 bits per heavy atom. The van der Waals surface area contributed by atoms with Gasteiger partial charge in [0.2, 0.25) is 17.6 Å². The second-order valence-corrected chi connectivity index (χ2v) is 6.31. The van der Waals surface area contributed by atoms with Crippen molar-refractivity contribution in [3.05, 3.63) is 60.0 Å². The van der Waals surface area contributed by atoms with Gasteiger partial charge in [0.25, 0.3) is 0 Å². The Morgan fingerprint density at radius 3 is 2.25 bits per heavy atom. The highest BCUT2D eigenvalue weighted by Crippen LogP contribution is 2.32. The highest BCUT2D eigenvalue weighted by molar-refractivity contribution is 5.79. The molecule has 1 N–H and O–H groups in total. The molecule has 1 saturated heterocycles. The highest BCUT2D eigenvalue weighted by Gasteiger charge is 2.30. The van der Waals surface area contributed by atoms with Crippen LogP contribution in [0.2, 0.25) is 0 Å². The molecule has 0 unspecified atom stereocenters. The number of nitrogens with zero attached hydrogens (tertiary/aromatic N) is 2. The summed E-state index contributed by atoms with van der Waals surface area (Å²) < 4.78 is 48.6. The number of hydrogen-bond acceptors (Lipinski definition) is 5. The fraction of sp³-hybridized carbons (Fsp3) is 0.211. The van der Waals surface area contributed by atoms with Crippen LogP contribution in [-0.2, 0) is 11.0 Å². The third-order valence-electron chi connectivity index (χ3n) is 4.30. The van der Waals surface area contributed by atoms with Gasteiger partial charge in [-0.2, -0.15) is 18.2 Å². The number of halogens is 3. The van der Waals surface area contributed by atoms with Crippen molar-refractivity contribution < 1.29 is 27.2 Å². The Labute approximate surface area is 157 Å². The van der Waals surface area contributed by atoms with Gasteiger partial charge in [-0.05, 0) is 48.5 Å². The number of hydrogen-bond donors (Lipinski definition) is 1.